The number of nitrogens with one attached hydrogen (secondary N) is 1. The molecule has 2 aromatic carbocycles. The van der Waals surface area contributed by atoms with E-state index in [2.05, 4.69) is 22.4 Å². The molecule has 6 nitrogen and oxygen atoms in total. The summed E-state index contributed by atoms with van der Waals surface area (Å²) in [6.07, 6.45) is 10.5. The molecule has 0 unspecified atom stereocenters. The number of benzene rings is 2. The summed E-state index contributed by atoms with van der Waals surface area (Å²) in [7, 11) is 0. The van der Waals surface area contributed by atoms with Gasteiger partial charge in [0.2, 0.25) is 5.91 Å². The van der Waals surface area contributed by atoms with Gasteiger partial charge in [-0.15, -0.1) is 0 Å². The Morgan fingerprint density at radius 1 is 1.06 bits per heavy atom. The summed E-state index contributed by atoms with van der Waals surface area (Å²) in [5, 5.41) is 3.64. The first kappa shape index (κ1) is 22.7. The highest BCUT2D eigenvalue weighted by Crippen LogP contribution is 2.40. The average molecular weight is 477 g/mol. The summed E-state index contributed by atoms with van der Waals surface area (Å²) in [6.45, 7) is 1.16. The van der Waals surface area contributed by atoms with Crippen LogP contribution in [0.15, 0.2) is 67.3 Å². The topological polar surface area (TPSA) is 67.2 Å². The fraction of sp³-hybridized carbons (Fsp3) is 0.370. The summed E-state index contributed by atoms with van der Waals surface area (Å²) in [5.74, 6) is 0.204. The SMILES string of the molecule is O=C(NCc1cccc(Cn2ccnc2)c1)[C@@H]1C[C@H]2CCCC[C@@H]2N1C(=O)c1cccc(Cl)c1. The Kier molecular flexibility index (Phi) is 6.68. The van der Waals surface area contributed by atoms with Crippen LogP contribution in [0.3, 0.4) is 0 Å². The molecule has 2 amide bonds. The minimum absolute atomic E-state index is 0.0789. The lowest BCUT2D eigenvalue weighted by molar-refractivity contribution is -0.125. The van der Waals surface area contributed by atoms with Gasteiger partial charge in [-0.2, -0.15) is 0 Å². The minimum Gasteiger partial charge on any atom is -0.350 e. The molecule has 1 aliphatic carbocycles. The number of likely N-dealkylation sites (tertiary alicyclic amines) is 1. The molecule has 2 aliphatic rings. The van der Waals surface area contributed by atoms with Crippen LogP contribution in [0, 0.1) is 5.92 Å². The molecule has 1 saturated heterocycles. The van der Waals surface area contributed by atoms with Crippen molar-refractivity contribution in [1.29, 1.82) is 0 Å². The molecule has 34 heavy (non-hydrogen) atoms. The molecule has 1 saturated carbocycles. The number of amides is 2. The Bertz CT molecular complexity index is 1160. The van der Waals surface area contributed by atoms with Crippen molar-refractivity contribution >= 4 is 23.4 Å². The standard InChI is InChI=1S/C27H29ClN4O2/c28-23-9-4-8-22(14-23)27(34)32-24-10-2-1-7-21(24)15-25(32)26(33)30-16-19-5-3-6-20(13-19)17-31-12-11-29-18-31/h3-6,8-9,11-14,18,21,24-25H,1-2,7,10,15-17H2,(H,30,33)/t21-,24+,25+/m1/s1. The second-order valence-electron chi connectivity index (χ2n) is 9.36. The fourth-order valence-electron chi connectivity index (χ4n) is 5.49. The zero-order valence-corrected chi connectivity index (χ0v) is 19.8. The van der Waals surface area contributed by atoms with Crippen LogP contribution in [-0.2, 0) is 17.9 Å². The average Bonchev–Trinajstić information content (AvgIpc) is 3.50. The second-order valence-corrected chi connectivity index (χ2v) is 9.80. The van der Waals surface area contributed by atoms with Gasteiger partial charge >= 0.3 is 0 Å². The highest BCUT2D eigenvalue weighted by molar-refractivity contribution is 6.31. The summed E-state index contributed by atoms with van der Waals surface area (Å²) in [6, 6.07) is 14.9. The van der Waals surface area contributed by atoms with Gasteiger partial charge in [0.25, 0.3) is 5.91 Å². The Morgan fingerprint density at radius 3 is 2.71 bits per heavy atom. The van der Waals surface area contributed by atoms with Crippen molar-refractivity contribution in [3.8, 4) is 0 Å². The molecule has 3 aromatic rings. The predicted octanol–water partition coefficient (Wildman–Crippen LogP) is 4.67. The van der Waals surface area contributed by atoms with Gasteiger partial charge in [0.1, 0.15) is 6.04 Å². The number of aromatic nitrogens is 2. The molecule has 0 radical (unpaired) electrons. The van der Waals surface area contributed by atoms with E-state index >= 15 is 0 Å². The Hall–Kier alpha value is -3.12. The molecular formula is C27H29ClN4O2. The van der Waals surface area contributed by atoms with Gasteiger partial charge < -0.3 is 14.8 Å². The number of hydrogen-bond acceptors (Lipinski definition) is 3. The molecule has 5 rings (SSSR count). The molecule has 1 aliphatic heterocycles. The Balaban J connectivity index is 1.30. The van der Waals surface area contributed by atoms with E-state index in [0.717, 1.165) is 43.4 Å². The predicted molar refractivity (Wildman–Crippen MR) is 131 cm³/mol. The third-order valence-corrected chi connectivity index (χ3v) is 7.31. The number of nitrogens with zero attached hydrogens (tertiary/aromatic N) is 3. The van der Waals surface area contributed by atoms with E-state index in [9.17, 15) is 9.59 Å². The normalized spacial score (nSPS) is 21.8. The van der Waals surface area contributed by atoms with E-state index in [1.807, 2.05) is 27.8 Å². The maximum absolute atomic E-state index is 13.5. The van der Waals surface area contributed by atoms with Gasteiger partial charge in [-0.25, -0.2) is 4.98 Å². The molecule has 1 aromatic heterocycles. The molecule has 1 N–H and O–H groups in total. The van der Waals surface area contributed by atoms with Crippen molar-refractivity contribution < 1.29 is 9.59 Å². The number of imidazole rings is 1. The van der Waals surface area contributed by atoms with Gasteiger partial charge in [0.15, 0.2) is 0 Å². The van der Waals surface area contributed by atoms with E-state index in [1.165, 1.54) is 6.42 Å². The van der Waals surface area contributed by atoms with E-state index in [-0.39, 0.29) is 17.9 Å². The molecule has 0 spiro atoms. The van der Waals surface area contributed by atoms with Crippen LogP contribution < -0.4 is 5.32 Å². The number of carbonyl (C=O) groups excluding carboxylic acids is 2. The number of fused-ring (bicyclic) bond motifs is 1. The van der Waals surface area contributed by atoms with Gasteiger partial charge in [0.05, 0.1) is 6.33 Å². The summed E-state index contributed by atoms with van der Waals surface area (Å²) >= 11 is 6.15. The van der Waals surface area contributed by atoms with Crippen LogP contribution in [0.2, 0.25) is 5.02 Å². The highest BCUT2D eigenvalue weighted by Gasteiger charge is 2.47. The minimum atomic E-state index is -0.450. The first-order valence-electron chi connectivity index (χ1n) is 12.0. The molecule has 0 bridgehead atoms. The smallest absolute Gasteiger partial charge is 0.254 e. The van der Waals surface area contributed by atoms with Crippen molar-refractivity contribution in [1.82, 2.24) is 19.8 Å². The van der Waals surface area contributed by atoms with Crippen molar-refractivity contribution in [3.05, 3.63) is 89.0 Å². The van der Waals surface area contributed by atoms with E-state index < -0.39 is 6.04 Å². The summed E-state index contributed by atoms with van der Waals surface area (Å²) in [5.41, 5.74) is 2.73. The summed E-state index contributed by atoms with van der Waals surface area (Å²) < 4.78 is 2.01. The van der Waals surface area contributed by atoms with Crippen molar-refractivity contribution in [3.63, 3.8) is 0 Å². The fourth-order valence-corrected chi connectivity index (χ4v) is 5.68. The van der Waals surface area contributed by atoms with Crippen molar-refractivity contribution in [2.24, 2.45) is 5.92 Å². The van der Waals surface area contributed by atoms with Crippen LogP contribution in [0.25, 0.3) is 0 Å². The Labute approximate surface area is 204 Å². The highest BCUT2D eigenvalue weighted by atomic mass is 35.5. The van der Waals surface area contributed by atoms with Crippen molar-refractivity contribution in [2.75, 3.05) is 0 Å². The Morgan fingerprint density at radius 2 is 1.88 bits per heavy atom. The van der Waals surface area contributed by atoms with E-state index in [4.69, 9.17) is 11.6 Å². The van der Waals surface area contributed by atoms with Crippen LogP contribution in [0.1, 0.15) is 53.6 Å². The first-order chi connectivity index (χ1) is 16.6. The third-order valence-electron chi connectivity index (χ3n) is 7.08. The molecule has 7 heteroatoms. The van der Waals surface area contributed by atoms with Crippen LogP contribution in [-0.4, -0.2) is 38.3 Å². The van der Waals surface area contributed by atoms with Gasteiger partial charge in [0, 0.05) is 42.1 Å². The number of halogens is 1. The zero-order valence-electron chi connectivity index (χ0n) is 19.1. The lowest BCUT2D eigenvalue weighted by atomic mass is 9.84. The first-order valence-corrected chi connectivity index (χ1v) is 12.4. The van der Waals surface area contributed by atoms with Crippen LogP contribution in [0.5, 0.6) is 0 Å². The lowest BCUT2D eigenvalue weighted by Gasteiger charge is -2.33. The quantitative estimate of drug-likeness (QED) is 0.562. The second kappa shape index (κ2) is 10.0. The van der Waals surface area contributed by atoms with Gasteiger partial charge in [-0.1, -0.05) is 54.8 Å². The number of hydrogen-bond donors (Lipinski definition) is 1. The maximum Gasteiger partial charge on any atom is 0.254 e. The lowest BCUT2D eigenvalue weighted by Crippen LogP contribution is -2.49. The van der Waals surface area contributed by atoms with Crippen LogP contribution in [0.4, 0.5) is 0 Å². The zero-order chi connectivity index (χ0) is 23.5. The monoisotopic (exact) mass is 476 g/mol. The molecule has 2 fully saturated rings. The van der Waals surface area contributed by atoms with E-state index in [0.29, 0.717) is 23.0 Å². The third kappa shape index (κ3) is 4.87. The maximum atomic E-state index is 13.5. The number of rotatable bonds is 6. The summed E-state index contributed by atoms with van der Waals surface area (Å²) in [4.78, 5) is 32.8. The van der Waals surface area contributed by atoms with Crippen molar-refractivity contribution in [2.45, 2.75) is 57.3 Å². The van der Waals surface area contributed by atoms with Gasteiger partial charge in [-0.3, -0.25) is 9.59 Å². The molecular weight excluding hydrogens is 448 g/mol. The largest absolute Gasteiger partial charge is 0.350 e. The van der Waals surface area contributed by atoms with Gasteiger partial charge in [-0.05, 0) is 54.5 Å². The molecule has 3 atom stereocenters. The number of carbonyl (C=O) groups is 2. The van der Waals surface area contributed by atoms with E-state index in [1.54, 1.807) is 36.8 Å². The molecule has 2 heterocycles. The molecule has 176 valence electrons. The van der Waals surface area contributed by atoms with Crippen LogP contribution >= 0.6 is 11.6 Å².